The Kier molecular flexibility index (Phi) is 3.27. The number of oxazole rings is 1. The first kappa shape index (κ1) is 13.1. The van der Waals surface area contributed by atoms with Gasteiger partial charge in [0.2, 0.25) is 0 Å². The second-order valence-electron chi connectivity index (χ2n) is 4.52. The van der Waals surface area contributed by atoms with Gasteiger partial charge < -0.3 is 14.7 Å². The van der Waals surface area contributed by atoms with Crippen LogP contribution in [-0.2, 0) is 6.42 Å². The van der Waals surface area contributed by atoms with Crippen molar-refractivity contribution in [3.63, 3.8) is 0 Å². The Hall–Kier alpha value is -2.89. The number of anilines is 1. The standard InChI is InChI=1S/C15H13N3O3/c1-2-14-18-11-7-9(3-4-13(11)21-14)17-15(20)10-8-16-6-5-12(10)19/h3-8H,2H2,1H3,(H,16,19)(H,17,20). The fourth-order valence-corrected chi connectivity index (χ4v) is 2.00. The molecule has 0 bridgehead atoms. The van der Waals surface area contributed by atoms with E-state index in [2.05, 4.69) is 15.3 Å². The Morgan fingerprint density at radius 3 is 3.00 bits per heavy atom. The number of aromatic amines is 1. The molecule has 0 aliphatic carbocycles. The Bertz CT molecular complexity index is 864. The van der Waals surface area contributed by atoms with Gasteiger partial charge in [-0.1, -0.05) is 6.92 Å². The molecule has 3 rings (SSSR count). The number of nitrogens with one attached hydrogen (secondary N) is 2. The smallest absolute Gasteiger partial charge is 0.261 e. The summed E-state index contributed by atoms with van der Waals surface area (Å²) in [7, 11) is 0. The maximum absolute atomic E-state index is 12.1. The average molecular weight is 283 g/mol. The van der Waals surface area contributed by atoms with Gasteiger partial charge in [-0.15, -0.1) is 0 Å². The summed E-state index contributed by atoms with van der Waals surface area (Å²) in [5.74, 6) is 0.184. The number of carbonyl (C=O) groups excluding carboxylic acids is 1. The second-order valence-corrected chi connectivity index (χ2v) is 4.52. The van der Waals surface area contributed by atoms with Crippen LogP contribution >= 0.6 is 0 Å². The van der Waals surface area contributed by atoms with Gasteiger partial charge >= 0.3 is 0 Å². The number of aryl methyl sites for hydroxylation is 1. The highest BCUT2D eigenvalue weighted by atomic mass is 16.3. The van der Waals surface area contributed by atoms with Gasteiger partial charge in [0, 0.05) is 30.6 Å². The summed E-state index contributed by atoms with van der Waals surface area (Å²) in [6, 6.07) is 6.48. The third-order valence-electron chi connectivity index (χ3n) is 3.06. The molecular weight excluding hydrogens is 270 g/mol. The Labute approximate surface area is 119 Å². The molecule has 0 radical (unpaired) electrons. The summed E-state index contributed by atoms with van der Waals surface area (Å²) in [4.78, 5) is 30.7. The lowest BCUT2D eigenvalue weighted by Crippen LogP contribution is -2.20. The first-order chi connectivity index (χ1) is 10.2. The number of pyridine rings is 1. The summed E-state index contributed by atoms with van der Waals surface area (Å²) in [6.07, 6.45) is 3.56. The molecule has 106 valence electrons. The molecular formula is C15H13N3O3. The Balaban J connectivity index is 1.89. The zero-order valence-corrected chi connectivity index (χ0v) is 11.3. The van der Waals surface area contributed by atoms with Crippen molar-refractivity contribution >= 4 is 22.7 Å². The first-order valence-electron chi connectivity index (χ1n) is 6.55. The summed E-state index contributed by atoms with van der Waals surface area (Å²) in [6.45, 7) is 1.95. The summed E-state index contributed by atoms with van der Waals surface area (Å²) < 4.78 is 5.50. The molecule has 2 N–H and O–H groups in total. The predicted octanol–water partition coefficient (Wildman–Crippen LogP) is 2.33. The van der Waals surface area contributed by atoms with E-state index in [4.69, 9.17) is 4.42 Å². The molecule has 6 heteroatoms. The van der Waals surface area contributed by atoms with Crippen LogP contribution in [0.3, 0.4) is 0 Å². The Morgan fingerprint density at radius 2 is 2.24 bits per heavy atom. The highest BCUT2D eigenvalue weighted by Gasteiger charge is 2.11. The molecule has 6 nitrogen and oxygen atoms in total. The van der Waals surface area contributed by atoms with Gasteiger partial charge in [0.15, 0.2) is 16.9 Å². The minimum atomic E-state index is -0.463. The van der Waals surface area contributed by atoms with E-state index in [9.17, 15) is 9.59 Å². The number of fused-ring (bicyclic) bond motifs is 1. The lowest BCUT2D eigenvalue weighted by Gasteiger charge is -2.03. The topological polar surface area (TPSA) is 88.0 Å². The molecule has 1 amide bonds. The number of rotatable bonds is 3. The van der Waals surface area contributed by atoms with Gasteiger partial charge in [-0.3, -0.25) is 9.59 Å². The number of H-pyrrole nitrogens is 1. The highest BCUT2D eigenvalue weighted by molar-refractivity contribution is 6.04. The zero-order chi connectivity index (χ0) is 14.8. The zero-order valence-electron chi connectivity index (χ0n) is 11.3. The van der Waals surface area contributed by atoms with Gasteiger partial charge in [-0.2, -0.15) is 0 Å². The summed E-state index contributed by atoms with van der Waals surface area (Å²) in [5, 5.41) is 2.68. The van der Waals surface area contributed by atoms with Crippen LogP contribution in [0, 0.1) is 0 Å². The Morgan fingerprint density at radius 1 is 1.38 bits per heavy atom. The van der Waals surface area contributed by atoms with Crippen molar-refractivity contribution in [3.05, 3.63) is 58.3 Å². The van der Waals surface area contributed by atoms with Crippen LogP contribution in [0.1, 0.15) is 23.2 Å². The molecule has 0 aliphatic rings. The van der Waals surface area contributed by atoms with Crippen LogP contribution in [0.4, 0.5) is 5.69 Å². The minimum Gasteiger partial charge on any atom is -0.441 e. The van der Waals surface area contributed by atoms with Crippen molar-refractivity contribution in [3.8, 4) is 0 Å². The van der Waals surface area contributed by atoms with Crippen LogP contribution < -0.4 is 10.7 Å². The van der Waals surface area contributed by atoms with Crippen molar-refractivity contribution in [2.75, 3.05) is 5.32 Å². The number of benzene rings is 1. The van der Waals surface area contributed by atoms with E-state index in [-0.39, 0.29) is 11.0 Å². The fourth-order valence-electron chi connectivity index (χ4n) is 2.00. The third kappa shape index (κ3) is 2.55. The molecule has 1 aromatic carbocycles. The second kappa shape index (κ2) is 5.24. The van der Waals surface area contributed by atoms with Gasteiger partial charge in [-0.25, -0.2) is 4.98 Å². The largest absolute Gasteiger partial charge is 0.441 e. The molecule has 0 unspecified atom stereocenters. The van der Waals surface area contributed by atoms with Crippen LogP contribution in [0.2, 0.25) is 0 Å². The van der Waals surface area contributed by atoms with Crippen LogP contribution in [0.5, 0.6) is 0 Å². The van der Waals surface area contributed by atoms with Gasteiger partial charge in [0.25, 0.3) is 5.91 Å². The number of hydrogen-bond donors (Lipinski definition) is 2. The van der Waals surface area contributed by atoms with E-state index in [1.54, 1.807) is 18.2 Å². The van der Waals surface area contributed by atoms with Gasteiger partial charge in [-0.05, 0) is 18.2 Å². The molecule has 0 spiro atoms. The lowest BCUT2D eigenvalue weighted by atomic mass is 10.2. The molecule has 2 aromatic heterocycles. The highest BCUT2D eigenvalue weighted by Crippen LogP contribution is 2.20. The normalized spacial score (nSPS) is 10.7. The molecule has 21 heavy (non-hydrogen) atoms. The molecule has 0 aliphatic heterocycles. The monoisotopic (exact) mass is 283 g/mol. The van der Waals surface area contributed by atoms with E-state index in [1.165, 1.54) is 18.5 Å². The van der Waals surface area contributed by atoms with E-state index in [0.717, 1.165) is 0 Å². The number of carbonyl (C=O) groups is 1. The number of aromatic nitrogens is 2. The average Bonchev–Trinajstić information content (AvgIpc) is 2.90. The van der Waals surface area contributed by atoms with Crippen LogP contribution in [0.15, 0.2) is 45.9 Å². The third-order valence-corrected chi connectivity index (χ3v) is 3.06. The predicted molar refractivity (Wildman–Crippen MR) is 78.4 cm³/mol. The number of hydrogen-bond acceptors (Lipinski definition) is 4. The molecule has 0 saturated carbocycles. The number of nitrogens with zero attached hydrogens (tertiary/aromatic N) is 1. The number of amides is 1. The minimum absolute atomic E-state index is 0.0620. The van der Waals surface area contributed by atoms with Crippen molar-refractivity contribution in [2.45, 2.75) is 13.3 Å². The first-order valence-corrected chi connectivity index (χ1v) is 6.55. The molecule has 0 saturated heterocycles. The quantitative estimate of drug-likeness (QED) is 0.772. The summed E-state index contributed by atoms with van der Waals surface area (Å²) >= 11 is 0. The lowest BCUT2D eigenvalue weighted by molar-refractivity contribution is 0.102. The van der Waals surface area contributed by atoms with Crippen LogP contribution in [-0.4, -0.2) is 15.9 Å². The molecule has 0 fully saturated rings. The van der Waals surface area contributed by atoms with Crippen molar-refractivity contribution in [2.24, 2.45) is 0 Å². The SMILES string of the molecule is CCc1nc2cc(NC(=O)c3c[nH]ccc3=O)ccc2o1. The van der Waals surface area contributed by atoms with Gasteiger partial charge in [0.05, 0.1) is 0 Å². The molecule has 2 heterocycles. The van der Waals surface area contributed by atoms with E-state index in [1.807, 2.05) is 6.92 Å². The maximum atomic E-state index is 12.1. The van der Waals surface area contributed by atoms with Crippen molar-refractivity contribution in [1.29, 1.82) is 0 Å². The van der Waals surface area contributed by atoms with E-state index in [0.29, 0.717) is 29.1 Å². The van der Waals surface area contributed by atoms with Crippen LogP contribution in [0.25, 0.3) is 11.1 Å². The fraction of sp³-hybridized carbons (Fsp3) is 0.133. The molecule has 0 atom stereocenters. The van der Waals surface area contributed by atoms with E-state index >= 15 is 0 Å². The van der Waals surface area contributed by atoms with Gasteiger partial charge in [0.1, 0.15) is 11.1 Å². The summed E-state index contributed by atoms with van der Waals surface area (Å²) in [5.41, 5.74) is 1.63. The van der Waals surface area contributed by atoms with E-state index < -0.39 is 5.91 Å². The van der Waals surface area contributed by atoms with Crippen molar-refractivity contribution in [1.82, 2.24) is 9.97 Å². The van der Waals surface area contributed by atoms with Crippen molar-refractivity contribution < 1.29 is 9.21 Å². The maximum Gasteiger partial charge on any atom is 0.261 e. The molecule has 3 aromatic rings.